The van der Waals surface area contributed by atoms with Crippen LogP contribution in [0.5, 0.6) is 5.75 Å². The fraction of sp³-hybridized carbons (Fsp3) is 0.167. The zero-order valence-electron chi connectivity index (χ0n) is 27.5. The van der Waals surface area contributed by atoms with Crippen LogP contribution in [0.25, 0.3) is 6.08 Å². The van der Waals surface area contributed by atoms with Gasteiger partial charge in [-0.3, -0.25) is 14.9 Å². The lowest BCUT2D eigenvalue weighted by Gasteiger charge is -2.44. The fourth-order valence-electron chi connectivity index (χ4n) is 7.54. The normalized spacial score (nSPS) is 19.2. The van der Waals surface area contributed by atoms with E-state index in [4.69, 9.17) is 16.3 Å². The Morgan fingerprint density at radius 1 is 0.784 bits per heavy atom. The molecule has 3 aliphatic heterocycles. The molecule has 0 aromatic heterocycles. The van der Waals surface area contributed by atoms with Gasteiger partial charge in [0, 0.05) is 35.6 Å². The minimum atomic E-state index is -0.767. The van der Waals surface area contributed by atoms with E-state index >= 15 is 0 Å². The number of amides is 4. The number of halogens is 2. The third kappa shape index (κ3) is 6.46. The van der Waals surface area contributed by atoms with Gasteiger partial charge in [0.15, 0.2) is 0 Å². The van der Waals surface area contributed by atoms with Gasteiger partial charge in [-0.1, -0.05) is 90.5 Å². The fourth-order valence-corrected chi connectivity index (χ4v) is 8.26. The summed E-state index contributed by atoms with van der Waals surface area (Å²) in [7, 11) is 0. The highest BCUT2D eigenvalue weighted by molar-refractivity contribution is 9.10. The number of benzene rings is 5. The Morgan fingerprint density at radius 3 is 2.04 bits per heavy atom. The summed E-state index contributed by atoms with van der Waals surface area (Å²) in [5.41, 5.74) is 7.55. The predicted octanol–water partition coefficient (Wildman–Crippen LogP) is 9.23. The van der Waals surface area contributed by atoms with Gasteiger partial charge in [-0.15, -0.1) is 0 Å². The van der Waals surface area contributed by atoms with E-state index in [1.807, 2.05) is 66.7 Å². The quantitative estimate of drug-likeness (QED) is 0.132. The van der Waals surface area contributed by atoms with Crippen LogP contribution < -0.4 is 19.9 Å². The average Bonchev–Trinajstić information content (AvgIpc) is 3.14. The largest absolute Gasteiger partial charge is 0.488 e. The lowest BCUT2D eigenvalue weighted by Crippen LogP contribution is -2.54. The van der Waals surface area contributed by atoms with E-state index in [2.05, 4.69) is 50.4 Å². The number of imide groups is 2. The number of nitrogens with one attached hydrogen (secondary N) is 1. The maximum atomic E-state index is 14.3. The first-order valence-electron chi connectivity index (χ1n) is 16.9. The van der Waals surface area contributed by atoms with Gasteiger partial charge in [-0.25, -0.2) is 9.69 Å². The summed E-state index contributed by atoms with van der Waals surface area (Å²) in [6, 6.07) is 36.7. The van der Waals surface area contributed by atoms with E-state index in [1.54, 1.807) is 24.3 Å². The molecule has 254 valence electrons. The Hall–Kier alpha value is -5.18. The lowest BCUT2D eigenvalue weighted by atomic mass is 9.76. The molecule has 5 aromatic rings. The lowest BCUT2D eigenvalue weighted by molar-refractivity contribution is -0.122. The van der Waals surface area contributed by atoms with Crippen molar-refractivity contribution in [1.82, 2.24) is 5.32 Å². The number of anilines is 2. The van der Waals surface area contributed by atoms with Crippen molar-refractivity contribution in [2.75, 3.05) is 22.9 Å². The molecule has 0 radical (unpaired) electrons. The van der Waals surface area contributed by atoms with Gasteiger partial charge in [0.1, 0.15) is 17.9 Å². The van der Waals surface area contributed by atoms with Crippen LogP contribution in [0, 0.1) is 0 Å². The summed E-state index contributed by atoms with van der Waals surface area (Å²) >= 11 is 9.68. The minimum absolute atomic E-state index is 0.0854. The van der Waals surface area contributed by atoms with Crippen LogP contribution in [0.2, 0.25) is 5.02 Å². The predicted molar refractivity (Wildman–Crippen MR) is 203 cm³/mol. The SMILES string of the molecule is O=C1NC(=O)N(c2cc3c4c(c2)[C@H](c2ccccc2)CCN4CC[C@@H]3c2ccccc2)C(=O)/C1=C/c1ccc(OCc2cccc(Cl)c2)c(Br)c1. The number of hydrogen-bond acceptors (Lipinski definition) is 5. The van der Waals surface area contributed by atoms with Crippen LogP contribution in [0.1, 0.15) is 58.1 Å². The standard InChI is InChI=1S/C42H33BrClN3O4/c43-37-22-26(14-15-38(37)51-25-27-8-7-13-30(44)20-27)21-36-40(48)45-42(50)47(41(36)49)31-23-34-32(28-9-3-1-4-10-28)16-18-46-19-17-33(35(24-31)39(34)46)29-11-5-2-6-12-29/h1-15,20-24,32-33H,16-19,25H2,(H,45,48,50)/b36-21+/t32-,33+. The molecule has 1 N–H and O–H groups in total. The van der Waals surface area contributed by atoms with Crippen LogP contribution in [-0.2, 0) is 16.2 Å². The highest BCUT2D eigenvalue weighted by Crippen LogP contribution is 2.50. The Morgan fingerprint density at radius 2 is 1.43 bits per heavy atom. The third-order valence-corrected chi connectivity index (χ3v) is 10.8. The maximum absolute atomic E-state index is 14.3. The molecule has 0 spiro atoms. The first kappa shape index (κ1) is 33.0. The van der Waals surface area contributed by atoms with Crippen molar-refractivity contribution in [3.05, 3.63) is 164 Å². The van der Waals surface area contributed by atoms with Gasteiger partial charge in [0.2, 0.25) is 0 Å². The van der Waals surface area contributed by atoms with Gasteiger partial charge in [-0.2, -0.15) is 0 Å². The summed E-state index contributed by atoms with van der Waals surface area (Å²) in [6.07, 6.45) is 3.33. The van der Waals surface area contributed by atoms with E-state index in [9.17, 15) is 14.4 Å². The summed E-state index contributed by atoms with van der Waals surface area (Å²) in [6.45, 7) is 2.16. The van der Waals surface area contributed by atoms with Crippen LogP contribution >= 0.6 is 27.5 Å². The molecule has 3 aliphatic rings. The Labute approximate surface area is 309 Å². The number of hydrogen-bond donors (Lipinski definition) is 1. The van der Waals surface area contributed by atoms with Crippen molar-refractivity contribution in [2.45, 2.75) is 31.3 Å². The number of carbonyl (C=O) groups excluding carboxylic acids is 3. The molecule has 0 bridgehead atoms. The van der Waals surface area contributed by atoms with Crippen molar-refractivity contribution >= 4 is 62.8 Å². The number of urea groups is 1. The van der Waals surface area contributed by atoms with E-state index < -0.39 is 17.8 Å². The average molecular weight is 759 g/mol. The second-order valence-corrected chi connectivity index (χ2v) is 14.3. The topological polar surface area (TPSA) is 79.0 Å². The minimum Gasteiger partial charge on any atom is -0.488 e. The van der Waals surface area contributed by atoms with Gasteiger partial charge < -0.3 is 9.64 Å². The number of barbiturate groups is 1. The van der Waals surface area contributed by atoms with Crippen LogP contribution in [0.15, 0.2) is 125 Å². The van der Waals surface area contributed by atoms with Gasteiger partial charge in [0.25, 0.3) is 11.8 Å². The Kier molecular flexibility index (Phi) is 8.96. The monoisotopic (exact) mass is 757 g/mol. The number of nitrogens with zero attached hydrogens (tertiary/aromatic N) is 2. The molecule has 0 aliphatic carbocycles. The molecule has 1 fully saturated rings. The molecule has 4 amide bonds. The van der Waals surface area contributed by atoms with E-state index in [-0.39, 0.29) is 17.4 Å². The number of rotatable bonds is 7. The van der Waals surface area contributed by atoms with Crippen molar-refractivity contribution in [2.24, 2.45) is 0 Å². The van der Waals surface area contributed by atoms with Crippen LogP contribution in [0.3, 0.4) is 0 Å². The molecular formula is C42H33BrClN3O4. The summed E-state index contributed by atoms with van der Waals surface area (Å²) in [5.74, 6) is -0.659. The van der Waals surface area contributed by atoms with Crippen LogP contribution in [0.4, 0.5) is 16.2 Å². The molecule has 0 unspecified atom stereocenters. The van der Waals surface area contributed by atoms with Gasteiger partial charge in [-0.05, 0) is 105 Å². The summed E-state index contributed by atoms with van der Waals surface area (Å²) in [4.78, 5) is 44.6. The van der Waals surface area contributed by atoms with Crippen molar-refractivity contribution < 1.29 is 19.1 Å². The first-order chi connectivity index (χ1) is 24.8. The molecule has 8 rings (SSSR count). The molecule has 3 heterocycles. The molecule has 7 nitrogen and oxygen atoms in total. The van der Waals surface area contributed by atoms with Gasteiger partial charge >= 0.3 is 6.03 Å². The molecule has 2 atom stereocenters. The Balaban J connectivity index is 1.16. The molecule has 9 heteroatoms. The van der Waals surface area contributed by atoms with Gasteiger partial charge in [0.05, 0.1) is 10.2 Å². The van der Waals surface area contributed by atoms with E-state index in [0.717, 1.165) is 47.5 Å². The molecule has 51 heavy (non-hydrogen) atoms. The van der Waals surface area contributed by atoms with Crippen molar-refractivity contribution in [3.63, 3.8) is 0 Å². The zero-order chi connectivity index (χ0) is 35.1. The highest BCUT2D eigenvalue weighted by atomic mass is 79.9. The molecular weight excluding hydrogens is 726 g/mol. The summed E-state index contributed by atoms with van der Waals surface area (Å²) in [5, 5.41) is 3.05. The first-order valence-corrected chi connectivity index (χ1v) is 18.1. The maximum Gasteiger partial charge on any atom is 0.335 e. The smallest absolute Gasteiger partial charge is 0.335 e. The molecule has 0 saturated carbocycles. The molecule has 5 aromatic carbocycles. The Bertz CT molecular complexity index is 2130. The van der Waals surface area contributed by atoms with E-state index in [1.165, 1.54) is 22.9 Å². The zero-order valence-corrected chi connectivity index (χ0v) is 29.9. The second-order valence-electron chi connectivity index (χ2n) is 13.0. The number of ether oxygens (including phenoxy) is 1. The summed E-state index contributed by atoms with van der Waals surface area (Å²) < 4.78 is 6.63. The second kappa shape index (κ2) is 13.9. The van der Waals surface area contributed by atoms with Crippen molar-refractivity contribution in [3.8, 4) is 5.75 Å². The van der Waals surface area contributed by atoms with Crippen molar-refractivity contribution in [1.29, 1.82) is 0 Å². The van der Waals surface area contributed by atoms with Crippen LogP contribution in [-0.4, -0.2) is 30.9 Å². The van der Waals surface area contributed by atoms with E-state index in [0.29, 0.717) is 33.1 Å². The number of carbonyl (C=O) groups is 3. The highest BCUT2D eigenvalue weighted by Gasteiger charge is 2.40. The third-order valence-electron chi connectivity index (χ3n) is 9.91. The molecule has 1 saturated heterocycles.